The predicted octanol–water partition coefficient (Wildman–Crippen LogP) is 3.72. The standard InChI is InChI=1S/C22H24N2O5S/c1-27-18-2-4-19(5-3-18)30(25,26)23-17-12-16-8-11-28-22(16)20(13-17)29-21-14-24-9-6-15(21)7-10-24/h2-5,8,11-13,15,21,23H,6-7,9-10,14H2,1H3. The molecule has 0 amide bonds. The smallest absolute Gasteiger partial charge is 0.261 e. The third-order valence-corrected chi connectivity index (χ3v) is 7.41. The van der Waals surface area contributed by atoms with Gasteiger partial charge in [0.25, 0.3) is 10.0 Å². The highest BCUT2D eigenvalue weighted by Gasteiger charge is 2.36. The average molecular weight is 429 g/mol. The maximum atomic E-state index is 12.9. The summed E-state index contributed by atoms with van der Waals surface area (Å²) >= 11 is 0. The van der Waals surface area contributed by atoms with Crippen LogP contribution in [0, 0.1) is 5.92 Å². The van der Waals surface area contributed by atoms with Crippen LogP contribution in [-0.4, -0.2) is 46.2 Å². The molecule has 3 aliphatic rings. The van der Waals surface area contributed by atoms with Crippen LogP contribution < -0.4 is 14.2 Å². The first-order valence-electron chi connectivity index (χ1n) is 10.1. The number of sulfonamides is 1. The molecule has 1 aromatic heterocycles. The summed E-state index contributed by atoms with van der Waals surface area (Å²) in [5, 5.41) is 0.793. The van der Waals surface area contributed by atoms with E-state index in [1.165, 1.54) is 12.1 Å². The highest BCUT2D eigenvalue weighted by atomic mass is 32.2. The van der Waals surface area contributed by atoms with E-state index in [4.69, 9.17) is 13.9 Å². The Morgan fingerprint density at radius 2 is 1.87 bits per heavy atom. The second kappa shape index (κ2) is 7.52. The topological polar surface area (TPSA) is 81.0 Å². The number of nitrogens with zero attached hydrogens (tertiary/aromatic N) is 1. The van der Waals surface area contributed by atoms with E-state index < -0.39 is 10.0 Å². The van der Waals surface area contributed by atoms with E-state index in [0.29, 0.717) is 28.7 Å². The minimum Gasteiger partial charge on any atom is -0.497 e. The molecule has 0 aliphatic carbocycles. The molecular weight excluding hydrogens is 404 g/mol. The Kier molecular flexibility index (Phi) is 4.83. The molecule has 7 nitrogen and oxygen atoms in total. The Hall–Kier alpha value is -2.71. The molecule has 1 N–H and O–H groups in total. The number of hydrogen-bond donors (Lipinski definition) is 1. The van der Waals surface area contributed by atoms with Gasteiger partial charge >= 0.3 is 0 Å². The van der Waals surface area contributed by atoms with Gasteiger partial charge in [-0.3, -0.25) is 9.62 Å². The van der Waals surface area contributed by atoms with Crippen LogP contribution in [0.15, 0.2) is 58.0 Å². The third-order valence-electron chi connectivity index (χ3n) is 6.01. The van der Waals surface area contributed by atoms with Crippen molar-refractivity contribution in [1.82, 2.24) is 4.90 Å². The number of furan rings is 1. The molecule has 0 saturated carbocycles. The van der Waals surface area contributed by atoms with Crippen LogP contribution in [0.5, 0.6) is 11.5 Å². The van der Waals surface area contributed by atoms with E-state index in [9.17, 15) is 8.42 Å². The number of rotatable bonds is 6. The lowest BCUT2D eigenvalue weighted by Crippen LogP contribution is -2.52. The molecule has 3 fully saturated rings. The van der Waals surface area contributed by atoms with Crippen molar-refractivity contribution >= 4 is 26.7 Å². The third kappa shape index (κ3) is 3.61. The zero-order valence-corrected chi connectivity index (χ0v) is 17.5. The predicted molar refractivity (Wildman–Crippen MR) is 114 cm³/mol. The minimum atomic E-state index is -3.75. The molecule has 1 unspecified atom stereocenters. The fourth-order valence-electron chi connectivity index (χ4n) is 4.37. The molecule has 6 rings (SSSR count). The van der Waals surface area contributed by atoms with E-state index in [1.54, 1.807) is 37.6 Å². The monoisotopic (exact) mass is 428 g/mol. The van der Waals surface area contributed by atoms with Crippen LogP contribution >= 0.6 is 0 Å². The SMILES string of the molecule is COc1ccc(S(=O)(=O)Nc2cc(OC3CN4CCC3CC4)c3occc3c2)cc1. The lowest BCUT2D eigenvalue weighted by Gasteiger charge is -2.44. The van der Waals surface area contributed by atoms with Gasteiger partial charge in [0.15, 0.2) is 11.3 Å². The van der Waals surface area contributed by atoms with Crippen molar-refractivity contribution in [1.29, 1.82) is 0 Å². The van der Waals surface area contributed by atoms with Crippen molar-refractivity contribution < 1.29 is 22.3 Å². The summed E-state index contributed by atoms with van der Waals surface area (Å²) in [6, 6.07) is 11.5. The summed E-state index contributed by atoms with van der Waals surface area (Å²) in [5.41, 5.74) is 1.08. The van der Waals surface area contributed by atoms with Crippen molar-refractivity contribution in [3.05, 3.63) is 48.7 Å². The van der Waals surface area contributed by atoms with Gasteiger partial charge in [-0.2, -0.15) is 0 Å². The molecule has 3 saturated heterocycles. The van der Waals surface area contributed by atoms with Crippen LogP contribution in [0.2, 0.25) is 0 Å². The van der Waals surface area contributed by atoms with E-state index in [-0.39, 0.29) is 11.0 Å². The van der Waals surface area contributed by atoms with Gasteiger partial charge in [0, 0.05) is 18.0 Å². The summed E-state index contributed by atoms with van der Waals surface area (Å²) in [7, 11) is -2.21. The van der Waals surface area contributed by atoms with Gasteiger partial charge in [-0.25, -0.2) is 8.42 Å². The Balaban J connectivity index is 1.43. The Labute approximate surface area is 175 Å². The summed E-state index contributed by atoms with van der Waals surface area (Å²) in [4.78, 5) is 2.58. The van der Waals surface area contributed by atoms with Gasteiger partial charge in [0.1, 0.15) is 11.9 Å². The fraction of sp³-hybridized carbons (Fsp3) is 0.364. The fourth-order valence-corrected chi connectivity index (χ4v) is 5.41. The van der Waals surface area contributed by atoms with Crippen LogP contribution in [0.3, 0.4) is 0 Å². The van der Waals surface area contributed by atoms with Crippen molar-refractivity contribution in [2.75, 3.05) is 31.5 Å². The van der Waals surface area contributed by atoms with Crippen LogP contribution in [-0.2, 0) is 10.0 Å². The van der Waals surface area contributed by atoms with Crippen LogP contribution in [0.4, 0.5) is 5.69 Å². The zero-order valence-electron chi connectivity index (χ0n) is 16.7. The molecule has 4 heterocycles. The molecule has 0 spiro atoms. The number of methoxy groups -OCH3 is 1. The number of benzene rings is 2. The molecule has 0 radical (unpaired) electrons. The number of fused-ring (bicyclic) bond motifs is 4. The van der Waals surface area contributed by atoms with Gasteiger partial charge in [0.2, 0.25) is 0 Å². The Morgan fingerprint density at radius 1 is 1.10 bits per heavy atom. The lowest BCUT2D eigenvalue weighted by molar-refractivity contribution is -0.00741. The number of nitrogens with one attached hydrogen (secondary N) is 1. The van der Waals surface area contributed by atoms with Crippen molar-refractivity contribution in [3.63, 3.8) is 0 Å². The van der Waals surface area contributed by atoms with Crippen LogP contribution in [0.25, 0.3) is 11.0 Å². The Morgan fingerprint density at radius 3 is 2.53 bits per heavy atom. The van der Waals surface area contributed by atoms with Gasteiger partial charge in [-0.05, 0) is 68.2 Å². The second-order valence-electron chi connectivity index (χ2n) is 7.89. The van der Waals surface area contributed by atoms with E-state index in [0.717, 1.165) is 37.9 Å². The summed E-state index contributed by atoms with van der Waals surface area (Å²) in [6.07, 6.45) is 3.95. The maximum Gasteiger partial charge on any atom is 0.261 e. The molecule has 3 aliphatic heterocycles. The highest BCUT2D eigenvalue weighted by Crippen LogP contribution is 2.36. The Bertz CT molecular complexity index is 1150. The average Bonchev–Trinajstić information content (AvgIpc) is 3.23. The maximum absolute atomic E-state index is 12.9. The molecule has 30 heavy (non-hydrogen) atoms. The number of anilines is 1. The minimum absolute atomic E-state index is 0.0919. The molecular formula is C22H24N2O5S. The largest absolute Gasteiger partial charge is 0.497 e. The molecule has 8 heteroatoms. The molecule has 2 bridgehead atoms. The van der Waals surface area contributed by atoms with Crippen molar-refractivity contribution in [2.45, 2.75) is 23.8 Å². The molecule has 2 aromatic carbocycles. The highest BCUT2D eigenvalue weighted by molar-refractivity contribution is 7.92. The van der Waals surface area contributed by atoms with E-state index >= 15 is 0 Å². The molecule has 3 aromatic rings. The van der Waals surface area contributed by atoms with E-state index in [1.807, 2.05) is 6.07 Å². The molecule has 158 valence electrons. The first kappa shape index (κ1) is 19.3. The van der Waals surface area contributed by atoms with Gasteiger partial charge < -0.3 is 13.9 Å². The second-order valence-corrected chi connectivity index (χ2v) is 9.57. The first-order chi connectivity index (χ1) is 14.5. The summed E-state index contributed by atoms with van der Waals surface area (Å²) < 4.78 is 45.5. The summed E-state index contributed by atoms with van der Waals surface area (Å²) in [5.74, 6) is 1.70. The number of ether oxygens (including phenoxy) is 2. The zero-order chi connectivity index (χ0) is 20.7. The number of hydrogen-bond acceptors (Lipinski definition) is 6. The summed E-state index contributed by atoms with van der Waals surface area (Å²) in [6.45, 7) is 3.15. The van der Waals surface area contributed by atoms with Crippen LogP contribution in [0.1, 0.15) is 12.8 Å². The van der Waals surface area contributed by atoms with Gasteiger partial charge in [-0.1, -0.05) is 0 Å². The molecule has 1 atom stereocenters. The normalized spacial score (nSPS) is 23.4. The lowest BCUT2D eigenvalue weighted by atomic mass is 9.86. The van der Waals surface area contributed by atoms with Crippen molar-refractivity contribution in [2.24, 2.45) is 5.92 Å². The van der Waals surface area contributed by atoms with Gasteiger partial charge in [-0.15, -0.1) is 0 Å². The van der Waals surface area contributed by atoms with Crippen molar-refractivity contribution in [3.8, 4) is 11.5 Å². The first-order valence-corrected chi connectivity index (χ1v) is 11.6. The van der Waals surface area contributed by atoms with Gasteiger partial charge in [0.05, 0.1) is 24.0 Å². The van der Waals surface area contributed by atoms with E-state index in [2.05, 4.69) is 9.62 Å². The number of piperidine rings is 3. The quantitative estimate of drug-likeness (QED) is 0.645.